The van der Waals surface area contributed by atoms with Gasteiger partial charge in [0, 0.05) is 19.2 Å². The third-order valence-corrected chi connectivity index (χ3v) is 3.31. The van der Waals surface area contributed by atoms with Crippen LogP contribution in [0.25, 0.3) is 11.3 Å². The van der Waals surface area contributed by atoms with Crippen LogP contribution in [0.1, 0.15) is 29.1 Å². The molecule has 1 amide bonds. The van der Waals surface area contributed by atoms with Gasteiger partial charge in [0.15, 0.2) is 0 Å². The van der Waals surface area contributed by atoms with Crippen LogP contribution in [0.2, 0.25) is 0 Å². The molecule has 2 N–H and O–H groups in total. The number of hydrogen-bond acceptors (Lipinski definition) is 6. The summed E-state index contributed by atoms with van der Waals surface area (Å²) in [5, 5.41) is 16.6. The summed E-state index contributed by atoms with van der Waals surface area (Å²) < 4.78 is 15.2. The Morgan fingerprint density at radius 1 is 1.35 bits per heavy atom. The lowest BCUT2D eigenvalue weighted by molar-refractivity contribution is 0.0892. The molecule has 0 aliphatic carbocycles. The fourth-order valence-corrected chi connectivity index (χ4v) is 2.15. The normalized spacial score (nSPS) is 12.0. The topological polar surface area (TPSA) is 93.8 Å². The molecule has 0 bridgehead atoms. The van der Waals surface area contributed by atoms with Crippen molar-refractivity contribution < 1.29 is 23.9 Å². The summed E-state index contributed by atoms with van der Waals surface area (Å²) in [6.07, 6.45) is -0.901. The molecule has 1 unspecified atom stereocenters. The molecule has 1 aromatic carbocycles. The highest BCUT2D eigenvalue weighted by atomic mass is 16.5. The zero-order chi connectivity index (χ0) is 16.8. The number of methoxy groups -OCH3 is 2. The molecule has 7 heteroatoms. The average Bonchev–Trinajstić information content (AvgIpc) is 3.00. The first-order valence-electron chi connectivity index (χ1n) is 7.17. The van der Waals surface area contributed by atoms with Crippen LogP contribution in [0.4, 0.5) is 0 Å². The van der Waals surface area contributed by atoms with E-state index in [-0.39, 0.29) is 5.76 Å². The SMILES string of the molecule is COCCNC(=O)c1onc(-c2ccc(OC)cc2)c1C(C)O. The van der Waals surface area contributed by atoms with Crippen LogP contribution >= 0.6 is 0 Å². The first kappa shape index (κ1) is 17.0. The zero-order valence-electron chi connectivity index (χ0n) is 13.3. The van der Waals surface area contributed by atoms with Crippen LogP contribution in [0, 0.1) is 0 Å². The van der Waals surface area contributed by atoms with Crippen molar-refractivity contribution in [2.75, 3.05) is 27.4 Å². The van der Waals surface area contributed by atoms with E-state index >= 15 is 0 Å². The van der Waals surface area contributed by atoms with E-state index in [1.54, 1.807) is 45.4 Å². The van der Waals surface area contributed by atoms with Crippen molar-refractivity contribution in [1.82, 2.24) is 10.5 Å². The number of aliphatic hydroxyl groups excluding tert-OH is 1. The van der Waals surface area contributed by atoms with Crippen LogP contribution in [0.15, 0.2) is 28.8 Å². The molecule has 0 radical (unpaired) electrons. The molecule has 0 aliphatic heterocycles. The molecule has 2 rings (SSSR count). The molecule has 1 aromatic heterocycles. The Morgan fingerprint density at radius 2 is 2.04 bits per heavy atom. The molecular weight excluding hydrogens is 300 g/mol. The Morgan fingerprint density at radius 3 is 2.61 bits per heavy atom. The van der Waals surface area contributed by atoms with Crippen molar-refractivity contribution in [1.29, 1.82) is 0 Å². The van der Waals surface area contributed by atoms with Gasteiger partial charge in [0.05, 0.1) is 25.4 Å². The largest absolute Gasteiger partial charge is 0.497 e. The maximum absolute atomic E-state index is 12.2. The van der Waals surface area contributed by atoms with Gasteiger partial charge < -0.3 is 24.4 Å². The number of rotatable bonds is 7. The van der Waals surface area contributed by atoms with E-state index in [1.807, 2.05) is 0 Å². The second-order valence-corrected chi connectivity index (χ2v) is 4.93. The minimum atomic E-state index is -0.901. The molecule has 7 nitrogen and oxygen atoms in total. The van der Waals surface area contributed by atoms with Gasteiger partial charge in [-0.15, -0.1) is 0 Å². The van der Waals surface area contributed by atoms with E-state index in [0.717, 1.165) is 5.56 Å². The van der Waals surface area contributed by atoms with Crippen molar-refractivity contribution in [2.45, 2.75) is 13.0 Å². The van der Waals surface area contributed by atoms with E-state index in [9.17, 15) is 9.90 Å². The van der Waals surface area contributed by atoms with E-state index < -0.39 is 12.0 Å². The second kappa shape index (κ2) is 7.75. The Labute approximate surface area is 134 Å². The summed E-state index contributed by atoms with van der Waals surface area (Å²) in [6.45, 7) is 2.29. The number of amides is 1. The maximum Gasteiger partial charge on any atom is 0.290 e. The fourth-order valence-electron chi connectivity index (χ4n) is 2.15. The zero-order valence-corrected chi connectivity index (χ0v) is 13.3. The third kappa shape index (κ3) is 3.88. The lowest BCUT2D eigenvalue weighted by Gasteiger charge is -2.08. The number of carbonyl (C=O) groups excluding carboxylic acids is 1. The minimum absolute atomic E-state index is 0.00178. The molecule has 0 saturated heterocycles. The predicted octanol–water partition coefficient (Wildman–Crippen LogP) is 1.78. The molecule has 2 aromatic rings. The minimum Gasteiger partial charge on any atom is -0.497 e. The van der Waals surface area contributed by atoms with E-state index in [4.69, 9.17) is 14.0 Å². The summed E-state index contributed by atoms with van der Waals surface area (Å²) in [4.78, 5) is 12.2. The van der Waals surface area contributed by atoms with Crippen molar-refractivity contribution in [3.63, 3.8) is 0 Å². The van der Waals surface area contributed by atoms with Gasteiger partial charge in [0.25, 0.3) is 5.91 Å². The van der Waals surface area contributed by atoms with Crippen LogP contribution < -0.4 is 10.1 Å². The lowest BCUT2D eigenvalue weighted by atomic mass is 10.0. The Kier molecular flexibility index (Phi) is 5.72. The monoisotopic (exact) mass is 320 g/mol. The van der Waals surface area contributed by atoms with Crippen LogP contribution in [-0.2, 0) is 4.74 Å². The Bertz CT molecular complexity index is 649. The Hall–Kier alpha value is -2.38. The molecular formula is C16H20N2O5. The summed E-state index contributed by atoms with van der Waals surface area (Å²) in [5.41, 5.74) is 1.51. The number of ether oxygens (including phenoxy) is 2. The van der Waals surface area contributed by atoms with Gasteiger partial charge in [-0.05, 0) is 31.2 Å². The molecule has 1 heterocycles. The standard InChI is InChI=1S/C16H20N2O5/c1-10(19)13-14(11-4-6-12(22-3)7-5-11)18-23-15(13)16(20)17-8-9-21-2/h4-7,10,19H,8-9H2,1-3H3,(H,17,20). The number of nitrogens with one attached hydrogen (secondary N) is 1. The molecule has 0 aliphatic rings. The number of carbonyl (C=O) groups is 1. The first-order chi connectivity index (χ1) is 11.1. The number of aromatic nitrogens is 1. The summed E-state index contributed by atoms with van der Waals surface area (Å²) in [7, 11) is 3.12. The molecule has 23 heavy (non-hydrogen) atoms. The van der Waals surface area contributed by atoms with E-state index in [1.165, 1.54) is 0 Å². The van der Waals surface area contributed by atoms with Crippen molar-refractivity contribution >= 4 is 5.91 Å². The number of benzene rings is 1. The van der Waals surface area contributed by atoms with Crippen molar-refractivity contribution in [3.8, 4) is 17.0 Å². The molecule has 124 valence electrons. The summed E-state index contributed by atoms with van der Waals surface area (Å²) in [6, 6.07) is 7.12. The lowest BCUT2D eigenvalue weighted by Crippen LogP contribution is -2.27. The van der Waals surface area contributed by atoms with Gasteiger partial charge in [-0.25, -0.2) is 0 Å². The van der Waals surface area contributed by atoms with Crippen LogP contribution in [0.3, 0.4) is 0 Å². The highest BCUT2D eigenvalue weighted by molar-refractivity contribution is 5.94. The van der Waals surface area contributed by atoms with Gasteiger partial charge >= 0.3 is 0 Å². The average molecular weight is 320 g/mol. The van der Waals surface area contributed by atoms with Crippen molar-refractivity contribution in [3.05, 3.63) is 35.6 Å². The molecule has 0 saturated carbocycles. The maximum atomic E-state index is 12.2. The molecule has 0 spiro atoms. The third-order valence-electron chi connectivity index (χ3n) is 3.31. The number of hydrogen-bond donors (Lipinski definition) is 2. The van der Waals surface area contributed by atoms with Crippen LogP contribution in [0.5, 0.6) is 5.75 Å². The van der Waals surface area contributed by atoms with Gasteiger partial charge in [-0.1, -0.05) is 5.16 Å². The molecule has 1 atom stereocenters. The van der Waals surface area contributed by atoms with Gasteiger partial charge in [0.2, 0.25) is 5.76 Å². The highest BCUT2D eigenvalue weighted by Gasteiger charge is 2.26. The number of aliphatic hydroxyl groups is 1. The fraction of sp³-hybridized carbons (Fsp3) is 0.375. The quantitative estimate of drug-likeness (QED) is 0.755. The van der Waals surface area contributed by atoms with Gasteiger partial charge in [-0.2, -0.15) is 0 Å². The predicted molar refractivity (Wildman–Crippen MR) is 83.3 cm³/mol. The summed E-state index contributed by atoms with van der Waals surface area (Å²) in [5.74, 6) is 0.264. The first-order valence-corrected chi connectivity index (χ1v) is 7.17. The second-order valence-electron chi connectivity index (χ2n) is 4.93. The van der Waals surface area contributed by atoms with Gasteiger partial charge in [0.1, 0.15) is 11.4 Å². The van der Waals surface area contributed by atoms with E-state index in [2.05, 4.69) is 10.5 Å². The highest BCUT2D eigenvalue weighted by Crippen LogP contribution is 2.31. The smallest absolute Gasteiger partial charge is 0.290 e. The van der Waals surface area contributed by atoms with Crippen LogP contribution in [-0.4, -0.2) is 43.5 Å². The van der Waals surface area contributed by atoms with Crippen molar-refractivity contribution in [2.24, 2.45) is 0 Å². The number of nitrogens with zero attached hydrogens (tertiary/aromatic N) is 1. The molecule has 0 fully saturated rings. The van der Waals surface area contributed by atoms with E-state index in [0.29, 0.717) is 30.2 Å². The summed E-state index contributed by atoms with van der Waals surface area (Å²) >= 11 is 0. The van der Waals surface area contributed by atoms with Gasteiger partial charge in [-0.3, -0.25) is 4.79 Å². The Balaban J connectivity index is 2.32.